The lowest BCUT2D eigenvalue weighted by Crippen LogP contribution is -2.07. The molecule has 20 heavy (non-hydrogen) atoms. The van der Waals surface area contributed by atoms with E-state index >= 15 is 0 Å². The van der Waals surface area contributed by atoms with Crippen molar-refractivity contribution in [3.05, 3.63) is 59.3 Å². The molecule has 1 amide bonds. The molecule has 2 rings (SSSR count). The van der Waals surface area contributed by atoms with Gasteiger partial charge in [0.15, 0.2) is 0 Å². The topological polar surface area (TPSA) is 42.0 Å². The lowest BCUT2D eigenvalue weighted by molar-refractivity contribution is -0.111. The standard InChI is InChI=1S/C15H13ClN2OS/c1-20-15-9-7-13(10-17-15)18-14(19)8-4-11-2-5-12(16)6-3-11/h2-10H,1H3,(H,18,19)/b8-4+. The van der Waals surface area contributed by atoms with Crippen LogP contribution in [0.5, 0.6) is 0 Å². The van der Waals surface area contributed by atoms with Crippen LogP contribution in [0.4, 0.5) is 5.69 Å². The van der Waals surface area contributed by atoms with Crippen molar-refractivity contribution >= 4 is 41.0 Å². The molecule has 1 aromatic carbocycles. The minimum absolute atomic E-state index is 0.196. The van der Waals surface area contributed by atoms with E-state index in [-0.39, 0.29) is 5.91 Å². The Morgan fingerprint density at radius 3 is 2.60 bits per heavy atom. The van der Waals surface area contributed by atoms with E-state index in [2.05, 4.69) is 10.3 Å². The van der Waals surface area contributed by atoms with Crippen LogP contribution in [0, 0.1) is 0 Å². The van der Waals surface area contributed by atoms with Gasteiger partial charge in [0.2, 0.25) is 5.91 Å². The van der Waals surface area contributed by atoms with Crippen molar-refractivity contribution < 1.29 is 4.79 Å². The molecule has 1 aromatic heterocycles. The number of pyridine rings is 1. The van der Waals surface area contributed by atoms with Crippen LogP contribution in [0.2, 0.25) is 5.02 Å². The van der Waals surface area contributed by atoms with E-state index in [1.807, 2.05) is 30.5 Å². The maximum Gasteiger partial charge on any atom is 0.248 e. The number of anilines is 1. The highest BCUT2D eigenvalue weighted by Crippen LogP contribution is 2.14. The summed E-state index contributed by atoms with van der Waals surface area (Å²) in [6.07, 6.45) is 6.80. The number of halogens is 1. The Morgan fingerprint density at radius 1 is 1.25 bits per heavy atom. The first kappa shape index (κ1) is 14.6. The van der Waals surface area contributed by atoms with E-state index in [0.717, 1.165) is 10.6 Å². The first-order valence-electron chi connectivity index (χ1n) is 5.92. The molecule has 1 heterocycles. The van der Waals surface area contributed by atoms with Gasteiger partial charge in [0.25, 0.3) is 0 Å². The van der Waals surface area contributed by atoms with E-state index in [0.29, 0.717) is 10.7 Å². The van der Waals surface area contributed by atoms with Gasteiger partial charge in [-0.05, 0) is 42.2 Å². The zero-order valence-corrected chi connectivity index (χ0v) is 12.4. The minimum atomic E-state index is -0.196. The van der Waals surface area contributed by atoms with Crippen molar-refractivity contribution in [3.8, 4) is 0 Å². The van der Waals surface area contributed by atoms with Gasteiger partial charge in [-0.25, -0.2) is 4.98 Å². The van der Waals surface area contributed by atoms with Crippen molar-refractivity contribution in [1.29, 1.82) is 0 Å². The van der Waals surface area contributed by atoms with Crippen LogP contribution in [0.1, 0.15) is 5.56 Å². The number of carbonyl (C=O) groups is 1. The summed E-state index contributed by atoms with van der Waals surface area (Å²) in [4.78, 5) is 15.9. The Hall–Kier alpha value is -1.78. The molecule has 5 heteroatoms. The molecule has 0 fully saturated rings. The highest BCUT2D eigenvalue weighted by Gasteiger charge is 1.99. The summed E-state index contributed by atoms with van der Waals surface area (Å²) in [7, 11) is 0. The molecule has 0 saturated heterocycles. The molecule has 0 radical (unpaired) electrons. The monoisotopic (exact) mass is 304 g/mol. The molecule has 0 unspecified atom stereocenters. The Balaban J connectivity index is 1.96. The smallest absolute Gasteiger partial charge is 0.248 e. The van der Waals surface area contributed by atoms with Gasteiger partial charge in [0, 0.05) is 11.1 Å². The Morgan fingerprint density at radius 2 is 2.00 bits per heavy atom. The molecule has 3 nitrogen and oxygen atoms in total. The van der Waals surface area contributed by atoms with E-state index < -0.39 is 0 Å². The number of nitrogens with one attached hydrogen (secondary N) is 1. The second-order valence-electron chi connectivity index (χ2n) is 3.96. The number of benzene rings is 1. The minimum Gasteiger partial charge on any atom is -0.321 e. The average Bonchev–Trinajstić information content (AvgIpc) is 2.47. The number of carbonyl (C=O) groups excluding carboxylic acids is 1. The van der Waals surface area contributed by atoms with Gasteiger partial charge >= 0.3 is 0 Å². The predicted molar refractivity (Wildman–Crippen MR) is 85.1 cm³/mol. The third-order valence-corrected chi connectivity index (χ3v) is 3.42. The SMILES string of the molecule is CSc1ccc(NC(=O)/C=C/c2ccc(Cl)cc2)cn1. The van der Waals surface area contributed by atoms with Crippen LogP contribution in [-0.2, 0) is 4.79 Å². The fraction of sp³-hybridized carbons (Fsp3) is 0.0667. The molecule has 0 spiro atoms. The van der Waals surface area contributed by atoms with Crippen molar-refractivity contribution in [1.82, 2.24) is 4.98 Å². The van der Waals surface area contributed by atoms with E-state index in [1.165, 1.54) is 6.08 Å². The normalized spacial score (nSPS) is 10.7. The average molecular weight is 305 g/mol. The van der Waals surface area contributed by atoms with Gasteiger partial charge in [0.05, 0.1) is 16.9 Å². The summed E-state index contributed by atoms with van der Waals surface area (Å²) >= 11 is 7.35. The summed E-state index contributed by atoms with van der Waals surface area (Å²) in [6, 6.07) is 11.0. The third kappa shape index (κ3) is 4.40. The summed E-state index contributed by atoms with van der Waals surface area (Å²) in [5, 5.41) is 4.34. The van der Waals surface area contributed by atoms with Crippen molar-refractivity contribution in [2.45, 2.75) is 5.03 Å². The molecule has 0 aliphatic carbocycles. The lowest BCUT2D eigenvalue weighted by atomic mass is 10.2. The molecule has 0 aliphatic heterocycles. The van der Waals surface area contributed by atoms with Crippen molar-refractivity contribution in [2.24, 2.45) is 0 Å². The number of aromatic nitrogens is 1. The Kier molecular flexibility index (Phi) is 5.21. The Bertz CT molecular complexity index is 609. The number of hydrogen-bond acceptors (Lipinski definition) is 3. The van der Waals surface area contributed by atoms with Gasteiger partial charge in [-0.1, -0.05) is 23.7 Å². The van der Waals surface area contributed by atoms with Gasteiger partial charge in [-0.2, -0.15) is 0 Å². The lowest BCUT2D eigenvalue weighted by Gasteiger charge is -2.02. The van der Waals surface area contributed by atoms with Crippen LogP contribution in [0.25, 0.3) is 6.08 Å². The molecular formula is C15H13ClN2OS. The van der Waals surface area contributed by atoms with Crippen LogP contribution < -0.4 is 5.32 Å². The van der Waals surface area contributed by atoms with E-state index in [9.17, 15) is 4.79 Å². The van der Waals surface area contributed by atoms with Crippen molar-refractivity contribution in [2.75, 3.05) is 11.6 Å². The molecule has 0 atom stereocenters. The zero-order chi connectivity index (χ0) is 14.4. The fourth-order valence-electron chi connectivity index (χ4n) is 1.50. The predicted octanol–water partition coefficient (Wildman–Crippen LogP) is 4.11. The molecule has 0 bridgehead atoms. The number of amides is 1. The second-order valence-corrected chi connectivity index (χ2v) is 5.23. The van der Waals surface area contributed by atoms with Crippen LogP contribution in [0.15, 0.2) is 53.7 Å². The first-order chi connectivity index (χ1) is 9.67. The number of thioether (sulfide) groups is 1. The molecule has 1 N–H and O–H groups in total. The van der Waals surface area contributed by atoms with Crippen LogP contribution >= 0.6 is 23.4 Å². The van der Waals surface area contributed by atoms with Gasteiger partial charge in [0.1, 0.15) is 0 Å². The van der Waals surface area contributed by atoms with Crippen LogP contribution in [-0.4, -0.2) is 17.1 Å². The van der Waals surface area contributed by atoms with Gasteiger partial charge < -0.3 is 5.32 Å². The summed E-state index contributed by atoms with van der Waals surface area (Å²) in [5.74, 6) is -0.196. The van der Waals surface area contributed by atoms with Crippen molar-refractivity contribution in [3.63, 3.8) is 0 Å². The molecule has 2 aromatic rings. The van der Waals surface area contributed by atoms with E-state index in [4.69, 9.17) is 11.6 Å². The highest BCUT2D eigenvalue weighted by atomic mass is 35.5. The second kappa shape index (κ2) is 7.12. The first-order valence-corrected chi connectivity index (χ1v) is 7.52. The summed E-state index contributed by atoms with van der Waals surface area (Å²) in [5.41, 5.74) is 1.59. The number of hydrogen-bond donors (Lipinski definition) is 1. The summed E-state index contributed by atoms with van der Waals surface area (Å²) in [6.45, 7) is 0. The molecule has 0 saturated carbocycles. The number of nitrogens with zero attached hydrogens (tertiary/aromatic N) is 1. The number of rotatable bonds is 4. The van der Waals surface area contributed by atoms with E-state index in [1.54, 1.807) is 36.2 Å². The quantitative estimate of drug-likeness (QED) is 0.683. The summed E-state index contributed by atoms with van der Waals surface area (Å²) < 4.78 is 0. The molecular weight excluding hydrogens is 292 g/mol. The highest BCUT2D eigenvalue weighted by molar-refractivity contribution is 7.98. The van der Waals surface area contributed by atoms with Crippen LogP contribution in [0.3, 0.4) is 0 Å². The maximum atomic E-state index is 11.8. The Labute approximate surface area is 127 Å². The largest absolute Gasteiger partial charge is 0.321 e. The third-order valence-electron chi connectivity index (χ3n) is 2.51. The fourth-order valence-corrected chi connectivity index (χ4v) is 1.99. The molecule has 0 aliphatic rings. The van der Waals surface area contributed by atoms with Gasteiger partial charge in [-0.15, -0.1) is 11.8 Å². The van der Waals surface area contributed by atoms with Gasteiger partial charge in [-0.3, -0.25) is 4.79 Å². The molecule has 102 valence electrons. The zero-order valence-electron chi connectivity index (χ0n) is 10.8. The maximum absolute atomic E-state index is 11.8.